The van der Waals surface area contributed by atoms with Crippen LogP contribution in [0.15, 0.2) is 35.2 Å². The molecule has 1 fully saturated rings. The number of rotatable bonds is 8. The van der Waals surface area contributed by atoms with Crippen molar-refractivity contribution in [3.8, 4) is 5.88 Å². The Bertz CT molecular complexity index is 1030. The molecule has 0 atom stereocenters. The molecule has 0 spiro atoms. The first-order chi connectivity index (χ1) is 15.4. The van der Waals surface area contributed by atoms with Crippen LogP contribution in [0.2, 0.25) is 0 Å². The second-order valence-electron chi connectivity index (χ2n) is 8.51. The molecule has 0 radical (unpaired) electrons. The third kappa shape index (κ3) is 4.92. The van der Waals surface area contributed by atoms with Gasteiger partial charge in [-0.1, -0.05) is 19.1 Å². The largest absolute Gasteiger partial charge is 0.479 e. The molecule has 0 saturated heterocycles. The summed E-state index contributed by atoms with van der Waals surface area (Å²) < 4.78 is 39.9. The van der Waals surface area contributed by atoms with Gasteiger partial charge in [0, 0.05) is 31.8 Å². The monoisotopic (exact) mass is 459 g/mol. The number of aromatic nitrogens is 1. The minimum atomic E-state index is -3.75. The van der Waals surface area contributed by atoms with Crippen LogP contribution in [-0.2, 0) is 27.6 Å². The third-order valence-corrected chi connectivity index (χ3v) is 7.94. The molecule has 174 valence electrons. The molecule has 0 unspecified atom stereocenters. The number of anilines is 1. The van der Waals surface area contributed by atoms with Crippen molar-refractivity contribution in [1.82, 2.24) is 9.88 Å². The van der Waals surface area contributed by atoms with Crippen molar-refractivity contribution in [1.29, 1.82) is 0 Å². The van der Waals surface area contributed by atoms with E-state index < -0.39 is 10.0 Å². The second kappa shape index (κ2) is 9.77. The Hall–Kier alpha value is -2.16. The number of hydrogen-bond acceptors (Lipinski definition) is 6. The Kier molecular flexibility index (Phi) is 7.02. The van der Waals surface area contributed by atoms with Crippen LogP contribution in [0.4, 0.5) is 5.69 Å². The van der Waals surface area contributed by atoms with Gasteiger partial charge >= 0.3 is 0 Å². The Morgan fingerprint density at radius 2 is 1.84 bits per heavy atom. The molecule has 0 bridgehead atoms. The van der Waals surface area contributed by atoms with Crippen LogP contribution in [0, 0.1) is 0 Å². The van der Waals surface area contributed by atoms with Crippen LogP contribution in [0.25, 0.3) is 0 Å². The first kappa shape index (κ1) is 23.0. The standard InChI is InChI=1S/C24H33N3O4S/c1-4-27-12-10-18-16-23(24(30-3)25-22(18)11-13-27)26-32(28,29)21-8-6-17(7-9-21)19-14-20(15-19)31-5-2/h6-9,16,19-20,26H,4-5,10-15H2,1-3H3/t19-,20-. The number of ether oxygens (including phenoxy) is 2. The summed E-state index contributed by atoms with van der Waals surface area (Å²) >= 11 is 0. The number of benzene rings is 1. The second-order valence-corrected chi connectivity index (χ2v) is 10.2. The lowest BCUT2D eigenvalue weighted by molar-refractivity contribution is -0.00319. The van der Waals surface area contributed by atoms with Crippen molar-refractivity contribution < 1.29 is 17.9 Å². The predicted molar refractivity (Wildman–Crippen MR) is 125 cm³/mol. The van der Waals surface area contributed by atoms with Gasteiger partial charge in [0.2, 0.25) is 5.88 Å². The van der Waals surface area contributed by atoms with Crippen LogP contribution >= 0.6 is 0 Å². The first-order valence-corrected chi connectivity index (χ1v) is 12.9. The zero-order valence-corrected chi connectivity index (χ0v) is 20.0. The van der Waals surface area contributed by atoms with Gasteiger partial charge in [-0.05, 0) is 68.0 Å². The first-order valence-electron chi connectivity index (χ1n) is 11.5. The van der Waals surface area contributed by atoms with Gasteiger partial charge in [0.1, 0.15) is 5.69 Å². The smallest absolute Gasteiger partial charge is 0.262 e. The van der Waals surface area contributed by atoms with E-state index in [0.717, 1.165) is 68.7 Å². The van der Waals surface area contributed by atoms with Gasteiger partial charge in [0.25, 0.3) is 10.0 Å². The van der Waals surface area contributed by atoms with Crippen LogP contribution in [0.3, 0.4) is 0 Å². The van der Waals surface area contributed by atoms with Crippen molar-refractivity contribution in [3.63, 3.8) is 0 Å². The van der Waals surface area contributed by atoms with Gasteiger partial charge in [-0.25, -0.2) is 13.4 Å². The van der Waals surface area contributed by atoms with Crippen molar-refractivity contribution in [2.75, 3.05) is 38.1 Å². The minimum absolute atomic E-state index is 0.232. The van der Waals surface area contributed by atoms with Crippen molar-refractivity contribution in [2.24, 2.45) is 0 Å². The van der Waals surface area contributed by atoms with Crippen molar-refractivity contribution in [2.45, 2.75) is 56.4 Å². The fraction of sp³-hybridized carbons (Fsp3) is 0.542. The highest BCUT2D eigenvalue weighted by atomic mass is 32.2. The van der Waals surface area contributed by atoms with Crippen molar-refractivity contribution >= 4 is 15.7 Å². The summed E-state index contributed by atoms with van der Waals surface area (Å²) in [6, 6.07) is 9.05. The van der Waals surface area contributed by atoms with Crippen LogP contribution in [-0.4, -0.2) is 57.8 Å². The Morgan fingerprint density at radius 3 is 2.50 bits per heavy atom. The molecule has 2 heterocycles. The van der Waals surface area contributed by atoms with E-state index in [0.29, 0.717) is 23.6 Å². The summed E-state index contributed by atoms with van der Waals surface area (Å²) in [6.45, 7) is 7.78. The number of methoxy groups -OCH3 is 1. The molecule has 4 rings (SSSR count). The summed E-state index contributed by atoms with van der Waals surface area (Å²) in [5.41, 5.74) is 3.60. The van der Waals surface area contributed by atoms with Gasteiger partial charge in [-0.3, -0.25) is 4.72 Å². The summed E-state index contributed by atoms with van der Waals surface area (Å²) in [5.74, 6) is 0.748. The number of likely N-dealkylation sites (N-methyl/N-ethyl adjacent to an activating group) is 1. The molecule has 1 aromatic carbocycles. The Balaban J connectivity index is 1.50. The highest BCUT2D eigenvalue weighted by molar-refractivity contribution is 7.92. The molecule has 2 aromatic rings. The third-order valence-electron chi connectivity index (χ3n) is 6.56. The Morgan fingerprint density at radius 1 is 1.12 bits per heavy atom. The quantitative estimate of drug-likeness (QED) is 0.650. The normalized spacial score (nSPS) is 21.3. The summed E-state index contributed by atoms with van der Waals surface area (Å²) in [5, 5.41) is 0. The van der Waals surface area contributed by atoms with Crippen LogP contribution in [0.1, 0.15) is 49.4 Å². The minimum Gasteiger partial charge on any atom is -0.479 e. The fourth-order valence-electron chi connectivity index (χ4n) is 4.54. The maximum absolute atomic E-state index is 13.1. The zero-order chi connectivity index (χ0) is 22.7. The Labute approximate surface area is 191 Å². The van der Waals surface area contributed by atoms with Crippen molar-refractivity contribution in [3.05, 3.63) is 47.2 Å². The number of hydrogen-bond donors (Lipinski definition) is 1. The predicted octanol–water partition coefficient (Wildman–Crippen LogP) is 3.59. The van der Waals surface area contributed by atoms with E-state index in [-0.39, 0.29) is 4.90 Å². The highest BCUT2D eigenvalue weighted by Gasteiger charge is 2.31. The number of nitrogens with zero attached hydrogens (tertiary/aromatic N) is 2. The van der Waals surface area contributed by atoms with Gasteiger partial charge in [-0.15, -0.1) is 0 Å². The van der Waals surface area contributed by atoms with Gasteiger partial charge in [0.15, 0.2) is 0 Å². The average Bonchev–Trinajstić information content (AvgIpc) is 2.97. The molecule has 1 saturated carbocycles. The highest BCUT2D eigenvalue weighted by Crippen LogP contribution is 2.39. The number of fused-ring (bicyclic) bond motifs is 1. The average molecular weight is 460 g/mol. The van der Waals surface area contributed by atoms with Crippen LogP contribution < -0.4 is 9.46 Å². The summed E-state index contributed by atoms with van der Waals surface area (Å²) in [6.07, 6.45) is 3.98. The van der Waals surface area contributed by atoms with E-state index in [4.69, 9.17) is 9.47 Å². The fourth-order valence-corrected chi connectivity index (χ4v) is 5.59. The number of sulfonamides is 1. The van der Waals surface area contributed by atoms with E-state index >= 15 is 0 Å². The molecule has 1 aromatic heterocycles. The summed E-state index contributed by atoms with van der Waals surface area (Å²) in [7, 11) is -2.23. The van der Waals surface area contributed by atoms with E-state index in [1.807, 2.05) is 25.1 Å². The van der Waals surface area contributed by atoms with Gasteiger partial charge in [0.05, 0.1) is 18.1 Å². The molecular weight excluding hydrogens is 426 g/mol. The molecule has 1 aliphatic carbocycles. The number of nitrogens with one attached hydrogen (secondary N) is 1. The van der Waals surface area contributed by atoms with E-state index in [1.165, 1.54) is 7.11 Å². The molecule has 0 amide bonds. The summed E-state index contributed by atoms with van der Waals surface area (Å²) in [4.78, 5) is 7.23. The lowest BCUT2D eigenvalue weighted by Gasteiger charge is -2.35. The van der Waals surface area contributed by atoms with Gasteiger partial charge in [-0.2, -0.15) is 0 Å². The number of pyridine rings is 1. The molecule has 1 N–H and O–H groups in total. The molecule has 7 nitrogen and oxygen atoms in total. The van der Waals surface area contributed by atoms with Crippen LogP contribution in [0.5, 0.6) is 5.88 Å². The molecule has 32 heavy (non-hydrogen) atoms. The lowest BCUT2D eigenvalue weighted by Crippen LogP contribution is -2.29. The SMILES string of the molecule is CCO[C@H]1C[C@H](c2ccc(S(=O)(=O)Nc3cc4c(nc3OC)CCN(CC)CC4)cc2)C1. The molecule has 8 heteroatoms. The van der Waals surface area contributed by atoms with E-state index in [2.05, 4.69) is 21.5 Å². The topological polar surface area (TPSA) is 80.8 Å². The molecule has 2 aliphatic rings. The molecule has 1 aliphatic heterocycles. The maximum Gasteiger partial charge on any atom is 0.262 e. The zero-order valence-electron chi connectivity index (χ0n) is 19.1. The maximum atomic E-state index is 13.1. The lowest BCUT2D eigenvalue weighted by atomic mass is 9.77. The molecular formula is C24H33N3O4S. The van der Waals surface area contributed by atoms with E-state index in [9.17, 15) is 8.42 Å². The van der Waals surface area contributed by atoms with E-state index in [1.54, 1.807) is 12.1 Å². The van der Waals surface area contributed by atoms with Gasteiger partial charge < -0.3 is 14.4 Å².